The van der Waals surface area contributed by atoms with Crippen molar-refractivity contribution in [1.29, 1.82) is 0 Å². The SMILES string of the molecule is COc1cc(/C=C\c2cc(O)c(O)c([N+](=O)[O-])c2)cc(OC)c1OC. The van der Waals surface area contributed by atoms with E-state index in [1.165, 1.54) is 27.4 Å². The first-order valence-electron chi connectivity index (χ1n) is 7.09. The lowest BCUT2D eigenvalue weighted by Crippen LogP contribution is -1.95. The Bertz CT molecular complexity index is 805. The summed E-state index contributed by atoms with van der Waals surface area (Å²) in [7, 11) is 4.48. The molecule has 0 saturated heterocycles. The van der Waals surface area contributed by atoms with Gasteiger partial charge in [0.15, 0.2) is 17.2 Å². The maximum Gasteiger partial charge on any atom is 0.315 e. The number of nitro benzene ring substituents is 1. The molecule has 0 aliphatic heterocycles. The van der Waals surface area contributed by atoms with E-state index in [1.54, 1.807) is 24.3 Å². The second kappa shape index (κ2) is 7.43. The normalized spacial score (nSPS) is 10.7. The fraction of sp³-hybridized carbons (Fsp3) is 0.176. The fourth-order valence-electron chi connectivity index (χ4n) is 2.25. The second-order valence-electron chi connectivity index (χ2n) is 4.96. The van der Waals surface area contributed by atoms with Crippen LogP contribution in [0.5, 0.6) is 28.7 Å². The Labute approximate surface area is 143 Å². The third-order valence-electron chi connectivity index (χ3n) is 3.44. The Hall–Kier alpha value is -3.42. The van der Waals surface area contributed by atoms with Gasteiger partial charge in [0.2, 0.25) is 11.5 Å². The van der Waals surface area contributed by atoms with Crippen LogP contribution in [0.1, 0.15) is 11.1 Å². The monoisotopic (exact) mass is 347 g/mol. The summed E-state index contributed by atoms with van der Waals surface area (Å²) in [6.45, 7) is 0. The second-order valence-corrected chi connectivity index (χ2v) is 4.96. The van der Waals surface area contributed by atoms with Crippen LogP contribution in [-0.4, -0.2) is 36.5 Å². The molecular formula is C17H17NO7. The number of phenols is 2. The molecule has 2 aromatic rings. The van der Waals surface area contributed by atoms with Gasteiger partial charge >= 0.3 is 5.69 Å². The predicted octanol–water partition coefficient (Wildman–Crippen LogP) is 3.20. The average Bonchev–Trinajstić information content (AvgIpc) is 2.61. The molecule has 0 radical (unpaired) electrons. The van der Waals surface area contributed by atoms with Crippen LogP contribution >= 0.6 is 0 Å². The highest BCUT2D eigenvalue weighted by molar-refractivity contribution is 5.75. The summed E-state index contributed by atoms with van der Waals surface area (Å²) in [5.41, 5.74) is 0.449. The maximum absolute atomic E-state index is 10.9. The van der Waals surface area contributed by atoms with Gasteiger partial charge in [0.1, 0.15) is 0 Å². The molecular weight excluding hydrogens is 330 g/mol. The number of ether oxygens (including phenoxy) is 3. The third kappa shape index (κ3) is 3.74. The quantitative estimate of drug-likeness (QED) is 0.357. The third-order valence-corrected chi connectivity index (χ3v) is 3.44. The minimum absolute atomic E-state index is 0.343. The Morgan fingerprint density at radius 2 is 1.44 bits per heavy atom. The zero-order valence-corrected chi connectivity index (χ0v) is 13.8. The molecule has 0 spiro atoms. The van der Waals surface area contributed by atoms with E-state index in [9.17, 15) is 20.3 Å². The minimum atomic E-state index is -0.772. The predicted molar refractivity (Wildman–Crippen MR) is 91.5 cm³/mol. The number of nitrogens with zero attached hydrogens (tertiary/aromatic N) is 1. The van der Waals surface area contributed by atoms with Crippen molar-refractivity contribution in [2.24, 2.45) is 0 Å². The highest BCUT2D eigenvalue weighted by Gasteiger charge is 2.18. The van der Waals surface area contributed by atoms with Gasteiger partial charge in [0, 0.05) is 6.07 Å². The minimum Gasteiger partial charge on any atom is -0.504 e. The summed E-state index contributed by atoms with van der Waals surface area (Å²) >= 11 is 0. The molecule has 25 heavy (non-hydrogen) atoms. The highest BCUT2D eigenvalue weighted by Crippen LogP contribution is 2.39. The van der Waals surface area contributed by atoms with E-state index >= 15 is 0 Å². The summed E-state index contributed by atoms with van der Waals surface area (Å²) in [6.07, 6.45) is 3.20. The number of rotatable bonds is 6. The van der Waals surface area contributed by atoms with Crippen LogP contribution in [0, 0.1) is 10.1 Å². The number of benzene rings is 2. The molecule has 0 aromatic heterocycles. The van der Waals surface area contributed by atoms with Gasteiger partial charge in [0.25, 0.3) is 0 Å². The molecule has 0 heterocycles. The molecule has 0 unspecified atom stereocenters. The first kappa shape index (κ1) is 17.9. The van der Waals surface area contributed by atoms with Gasteiger partial charge < -0.3 is 24.4 Å². The van der Waals surface area contributed by atoms with E-state index in [0.717, 1.165) is 6.07 Å². The molecule has 8 nitrogen and oxygen atoms in total. The van der Waals surface area contributed by atoms with Crippen molar-refractivity contribution in [3.8, 4) is 28.7 Å². The number of aromatic hydroxyl groups is 2. The van der Waals surface area contributed by atoms with Crippen LogP contribution in [0.4, 0.5) is 5.69 Å². The maximum atomic E-state index is 10.9. The van der Waals surface area contributed by atoms with E-state index in [1.807, 2.05) is 0 Å². The van der Waals surface area contributed by atoms with Gasteiger partial charge in [-0.05, 0) is 29.3 Å². The summed E-state index contributed by atoms with van der Waals surface area (Å²) in [4.78, 5) is 10.1. The van der Waals surface area contributed by atoms with Gasteiger partial charge in [-0.1, -0.05) is 12.2 Å². The molecule has 132 valence electrons. The molecule has 2 rings (SSSR count). The summed E-state index contributed by atoms with van der Waals surface area (Å²) in [5, 5.41) is 30.0. The Morgan fingerprint density at radius 1 is 0.920 bits per heavy atom. The van der Waals surface area contributed by atoms with Crippen LogP contribution in [0.15, 0.2) is 24.3 Å². The summed E-state index contributed by atoms with van der Waals surface area (Å²) < 4.78 is 15.7. The topological polar surface area (TPSA) is 111 Å². The van der Waals surface area contributed by atoms with E-state index in [4.69, 9.17) is 14.2 Å². The zero-order valence-electron chi connectivity index (χ0n) is 13.8. The molecule has 0 atom stereocenters. The standard InChI is InChI=1S/C17H17NO7/c1-23-14-8-11(9-15(24-2)17(14)25-3)5-4-10-6-12(18(21)22)16(20)13(19)7-10/h4-9,19-20H,1-3H3/b5-4-. The van der Waals surface area contributed by atoms with Crippen molar-refractivity contribution >= 4 is 17.8 Å². The molecule has 0 aliphatic rings. The van der Waals surface area contributed by atoms with Crippen molar-refractivity contribution in [1.82, 2.24) is 0 Å². The number of methoxy groups -OCH3 is 3. The fourth-order valence-corrected chi connectivity index (χ4v) is 2.25. The summed E-state index contributed by atoms with van der Waals surface area (Å²) in [5.74, 6) is 0.0239. The van der Waals surface area contributed by atoms with Crippen LogP contribution in [0.25, 0.3) is 12.2 Å². The van der Waals surface area contributed by atoms with Crippen molar-refractivity contribution < 1.29 is 29.3 Å². The van der Waals surface area contributed by atoms with Crippen LogP contribution in [0.3, 0.4) is 0 Å². The number of hydrogen-bond donors (Lipinski definition) is 2. The van der Waals surface area contributed by atoms with Crippen molar-refractivity contribution in [2.45, 2.75) is 0 Å². The largest absolute Gasteiger partial charge is 0.504 e. The summed E-state index contributed by atoms with van der Waals surface area (Å²) in [6, 6.07) is 5.78. The first-order chi connectivity index (χ1) is 11.9. The zero-order chi connectivity index (χ0) is 18.6. The Kier molecular flexibility index (Phi) is 5.33. The first-order valence-corrected chi connectivity index (χ1v) is 7.09. The van der Waals surface area contributed by atoms with Gasteiger partial charge in [-0.15, -0.1) is 0 Å². The van der Waals surface area contributed by atoms with Crippen LogP contribution in [-0.2, 0) is 0 Å². The van der Waals surface area contributed by atoms with Gasteiger partial charge in [-0.25, -0.2) is 0 Å². The molecule has 2 N–H and O–H groups in total. The lowest BCUT2D eigenvalue weighted by atomic mass is 10.1. The Morgan fingerprint density at radius 3 is 1.88 bits per heavy atom. The molecule has 2 aromatic carbocycles. The number of hydrogen-bond acceptors (Lipinski definition) is 7. The molecule has 0 saturated carbocycles. The molecule has 0 bridgehead atoms. The average molecular weight is 347 g/mol. The number of nitro groups is 1. The molecule has 0 fully saturated rings. The van der Waals surface area contributed by atoms with Gasteiger partial charge in [0.05, 0.1) is 26.3 Å². The van der Waals surface area contributed by atoms with Crippen LogP contribution in [0.2, 0.25) is 0 Å². The van der Waals surface area contributed by atoms with E-state index in [2.05, 4.69) is 0 Å². The lowest BCUT2D eigenvalue weighted by molar-refractivity contribution is -0.386. The smallest absolute Gasteiger partial charge is 0.315 e. The molecule has 0 amide bonds. The van der Waals surface area contributed by atoms with Crippen LogP contribution < -0.4 is 14.2 Å². The van der Waals surface area contributed by atoms with Gasteiger partial charge in [-0.2, -0.15) is 0 Å². The van der Waals surface area contributed by atoms with E-state index in [0.29, 0.717) is 28.4 Å². The number of phenolic OH excluding ortho intramolecular Hbond substituents is 2. The lowest BCUT2D eigenvalue weighted by Gasteiger charge is -2.12. The molecule has 0 aliphatic carbocycles. The highest BCUT2D eigenvalue weighted by atomic mass is 16.6. The molecule has 8 heteroatoms. The van der Waals surface area contributed by atoms with Gasteiger partial charge in [-0.3, -0.25) is 10.1 Å². The van der Waals surface area contributed by atoms with E-state index < -0.39 is 22.1 Å². The van der Waals surface area contributed by atoms with E-state index in [-0.39, 0.29) is 0 Å². The van der Waals surface area contributed by atoms with Crippen molar-refractivity contribution in [3.05, 3.63) is 45.5 Å². The van der Waals surface area contributed by atoms with Crippen molar-refractivity contribution in [2.75, 3.05) is 21.3 Å². The Balaban J connectivity index is 2.44. The van der Waals surface area contributed by atoms with Crippen molar-refractivity contribution in [3.63, 3.8) is 0 Å².